The van der Waals surface area contributed by atoms with E-state index < -0.39 is 14.5 Å². The molecule has 4 bridgehead atoms. The van der Waals surface area contributed by atoms with E-state index in [1.807, 2.05) is 0 Å². The van der Waals surface area contributed by atoms with Crippen molar-refractivity contribution in [1.29, 1.82) is 0 Å². The van der Waals surface area contributed by atoms with Gasteiger partial charge < -0.3 is 4.74 Å². The standard InChI is InChI=1S/C14H20O4S2/c1-3-12(15)18-13-5-10-4-11(6-13)8-14(7-10,9-13)19-20(2,16)17/h3,10-11H,1,4-9H2,2H3. The number of ether oxygens (including phenoxy) is 1. The van der Waals surface area contributed by atoms with Crippen molar-refractivity contribution < 1.29 is 17.9 Å². The molecule has 4 rings (SSSR count). The quantitative estimate of drug-likeness (QED) is 0.453. The Hall–Kier alpha value is -0.490. The van der Waals surface area contributed by atoms with Crippen molar-refractivity contribution in [2.75, 3.05) is 6.26 Å². The van der Waals surface area contributed by atoms with Crippen LogP contribution in [0.4, 0.5) is 0 Å². The summed E-state index contributed by atoms with van der Waals surface area (Å²) in [6, 6.07) is 0. The Kier molecular flexibility index (Phi) is 3.25. The Morgan fingerprint density at radius 2 is 1.90 bits per heavy atom. The Balaban J connectivity index is 1.89. The molecule has 4 fully saturated rings. The SMILES string of the molecule is C=CC(=O)OC12CC3CC(C1)CC(SS(C)(=O)=O)(C3)C2. The summed E-state index contributed by atoms with van der Waals surface area (Å²) in [6.45, 7) is 3.46. The summed E-state index contributed by atoms with van der Waals surface area (Å²) in [5.41, 5.74) is -0.451. The van der Waals surface area contributed by atoms with Crippen molar-refractivity contribution in [3.8, 4) is 0 Å². The summed E-state index contributed by atoms with van der Waals surface area (Å²) in [5.74, 6) is 0.595. The molecule has 4 saturated carbocycles. The van der Waals surface area contributed by atoms with Crippen LogP contribution in [0.2, 0.25) is 0 Å². The van der Waals surface area contributed by atoms with Gasteiger partial charge in [-0.1, -0.05) is 6.58 Å². The van der Waals surface area contributed by atoms with Gasteiger partial charge in [0.2, 0.25) is 0 Å². The third kappa shape index (κ3) is 2.64. The van der Waals surface area contributed by atoms with Gasteiger partial charge in [0.05, 0.1) is 0 Å². The molecule has 112 valence electrons. The molecule has 4 aliphatic carbocycles. The molecule has 6 heteroatoms. The van der Waals surface area contributed by atoms with Crippen LogP contribution in [-0.2, 0) is 18.4 Å². The molecule has 0 aliphatic heterocycles. The van der Waals surface area contributed by atoms with Crippen LogP contribution in [0.1, 0.15) is 38.5 Å². The molecule has 0 heterocycles. The highest BCUT2D eigenvalue weighted by Gasteiger charge is 2.60. The fourth-order valence-corrected chi connectivity index (χ4v) is 8.97. The Bertz CT molecular complexity index is 538. The molecule has 2 unspecified atom stereocenters. The maximum absolute atomic E-state index is 11.7. The zero-order valence-corrected chi connectivity index (χ0v) is 13.3. The number of carbonyl (C=O) groups excluding carboxylic acids is 1. The van der Waals surface area contributed by atoms with E-state index in [2.05, 4.69) is 6.58 Å². The van der Waals surface area contributed by atoms with Crippen molar-refractivity contribution in [1.82, 2.24) is 0 Å². The van der Waals surface area contributed by atoms with Gasteiger partial charge in [0, 0.05) is 23.5 Å². The van der Waals surface area contributed by atoms with Crippen molar-refractivity contribution >= 4 is 25.6 Å². The fourth-order valence-electron chi connectivity index (χ4n) is 4.89. The van der Waals surface area contributed by atoms with Gasteiger partial charge in [-0.25, -0.2) is 13.2 Å². The molecule has 0 aromatic rings. The normalized spacial score (nSPS) is 42.5. The average molecular weight is 316 g/mol. The molecule has 0 aromatic carbocycles. The maximum Gasteiger partial charge on any atom is 0.330 e. The first-order valence-electron chi connectivity index (χ1n) is 6.99. The van der Waals surface area contributed by atoms with Gasteiger partial charge >= 0.3 is 5.97 Å². The van der Waals surface area contributed by atoms with Crippen LogP contribution < -0.4 is 0 Å². The first-order valence-corrected chi connectivity index (χ1v) is 10.2. The van der Waals surface area contributed by atoms with E-state index in [9.17, 15) is 13.2 Å². The van der Waals surface area contributed by atoms with Crippen LogP contribution in [0.3, 0.4) is 0 Å². The third-order valence-corrected chi connectivity index (χ3v) is 7.87. The van der Waals surface area contributed by atoms with Crippen LogP contribution >= 0.6 is 10.8 Å². The molecule has 0 amide bonds. The Labute approximate surface area is 123 Å². The van der Waals surface area contributed by atoms with Gasteiger partial charge in [-0.15, -0.1) is 0 Å². The summed E-state index contributed by atoms with van der Waals surface area (Å²) in [7, 11) is -1.99. The molecular weight excluding hydrogens is 296 g/mol. The van der Waals surface area contributed by atoms with Crippen LogP contribution in [0, 0.1) is 11.8 Å². The minimum atomic E-state index is -3.09. The lowest BCUT2D eigenvalue weighted by Gasteiger charge is -2.60. The molecule has 2 atom stereocenters. The molecule has 4 aliphatic rings. The zero-order chi connectivity index (χ0) is 14.6. The molecular formula is C14H20O4S2. The molecule has 0 aromatic heterocycles. The molecule has 0 spiro atoms. The van der Waals surface area contributed by atoms with Crippen LogP contribution in [0.15, 0.2) is 12.7 Å². The number of hydrogen-bond donors (Lipinski definition) is 0. The zero-order valence-electron chi connectivity index (χ0n) is 11.6. The number of rotatable bonds is 4. The Morgan fingerprint density at radius 3 is 2.40 bits per heavy atom. The van der Waals surface area contributed by atoms with E-state index in [0.717, 1.165) is 42.9 Å². The van der Waals surface area contributed by atoms with E-state index in [1.54, 1.807) is 0 Å². The summed E-state index contributed by atoms with van der Waals surface area (Å²) in [4.78, 5) is 11.6. The molecule has 0 saturated heterocycles. The second-order valence-corrected chi connectivity index (χ2v) is 11.5. The van der Waals surface area contributed by atoms with E-state index in [-0.39, 0.29) is 10.7 Å². The van der Waals surface area contributed by atoms with Crippen LogP contribution in [0.5, 0.6) is 0 Å². The highest BCUT2D eigenvalue weighted by atomic mass is 33.1. The maximum atomic E-state index is 11.7. The first kappa shape index (κ1) is 14.4. The van der Waals surface area contributed by atoms with Gasteiger partial charge in [0.1, 0.15) is 5.60 Å². The van der Waals surface area contributed by atoms with E-state index in [1.165, 1.54) is 12.3 Å². The lowest BCUT2D eigenvalue weighted by atomic mass is 9.53. The Morgan fingerprint density at radius 1 is 1.30 bits per heavy atom. The lowest BCUT2D eigenvalue weighted by molar-refractivity contribution is -0.177. The lowest BCUT2D eigenvalue weighted by Crippen LogP contribution is -2.59. The van der Waals surface area contributed by atoms with Crippen molar-refractivity contribution in [3.63, 3.8) is 0 Å². The van der Waals surface area contributed by atoms with E-state index >= 15 is 0 Å². The van der Waals surface area contributed by atoms with Crippen LogP contribution in [-0.4, -0.2) is 31.0 Å². The highest BCUT2D eigenvalue weighted by molar-refractivity contribution is 8.72. The fraction of sp³-hybridized carbons (Fsp3) is 0.786. The minimum absolute atomic E-state index is 0.251. The largest absolute Gasteiger partial charge is 0.456 e. The summed E-state index contributed by atoms with van der Waals surface area (Å²) >= 11 is 0. The first-order chi connectivity index (χ1) is 9.23. The molecule has 0 N–H and O–H groups in total. The van der Waals surface area contributed by atoms with Crippen molar-refractivity contribution in [3.05, 3.63) is 12.7 Å². The highest BCUT2D eigenvalue weighted by Crippen LogP contribution is 2.63. The molecule has 0 radical (unpaired) electrons. The van der Waals surface area contributed by atoms with Crippen LogP contribution in [0.25, 0.3) is 0 Å². The monoisotopic (exact) mass is 316 g/mol. The van der Waals surface area contributed by atoms with Gasteiger partial charge in [0.25, 0.3) is 0 Å². The van der Waals surface area contributed by atoms with Crippen molar-refractivity contribution in [2.45, 2.75) is 48.9 Å². The average Bonchev–Trinajstić information content (AvgIpc) is 2.22. The summed E-state index contributed by atoms with van der Waals surface area (Å²) in [5, 5.41) is 0. The van der Waals surface area contributed by atoms with Gasteiger partial charge in [-0.3, -0.25) is 0 Å². The van der Waals surface area contributed by atoms with E-state index in [0.29, 0.717) is 18.3 Å². The summed E-state index contributed by atoms with van der Waals surface area (Å²) < 4.78 is 28.9. The van der Waals surface area contributed by atoms with Gasteiger partial charge in [0.15, 0.2) is 8.87 Å². The van der Waals surface area contributed by atoms with Crippen molar-refractivity contribution in [2.24, 2.45) is 11.8 Å². The van der Waals surface area contributed by atoms with E-state index in [4.69, 9.17) is 4.74 Å². The van der Waals surface area contributed by atoms with Gasteiger partial charge in [-0.05, 0) is 54.7 Å². The minimum Gasteiger partial charge on any atom is -0.456 e. The number of esters is 1. The number of carbonyl (C=O) groups is 1. The summed E-state index contributed by atoms with van der Waals surface area (Å²) in [6.07, 6.45) is 7.95. The number of hydrogen-bond acceptors (Lipinski definition) is 5. The molecule has 4 nitrogen and oxygen atoms in total. The predicted octanol–water partition coefficient (Wildman–Crippen LogP) is 2.50. The second-order valence-electron chi connectivity index (χ2n) is 6.74. The second kappa shape index (κ2) is 4.50. The predicted molar refractivity (Wildman–Crippen MR) is 78.9 cm³/mol. The third-order valence-electron chi connectivity index (χ3n) is 4.77. The molecule has 20 heavy (non-hydrogen) atoms. The van der Waals surface area contributed by atoms with Gasteiger partial charge in [-0.2, -0.15) is 0 Å². The topological polar surface area (TPSA) is 60.4 Å². The smallest absolute Gasteiger partial charge is 0.330 e.